The van der Waals surface area contributed by atoms with Crippen molar-refractivity contribution in [1.82, 2.24) is 0 Å². The van der Waals surface area contributed by atoms with Crippen molar-refractivity contribution in [2.75, 3.05) is 0 Å². The number of hydrogen-bond acceptors (Lipinski definition) is 1. The molecule has 0 aromatic heterocycles. The van der Waals surface area contributed by atoms with Gasteiger partial charge in [-0.05, 0) is 36.2 Å². The molecular formula is C15H24O. The summed E-state index contributed by atoms with van der Waals surface area (Å²) in [5.41, 5.74) is 1.45. The lowest BCUT2D eigenvalue weighted by Gasteiger charge is -2.43. The standard InChI is InChI=1S/C15H24O/c1-6-13(16)9-10-14-11(2)7-8-12(3)15(14,4)5/h9-11,14H,3,6-8H2,1-2,4-5H3. The summed E-state index contributed by atoms with van der Waals surface area (Å²) < 4.78 is 0. The van der Waals surface area contributed by atoms with Gasteiger partial charge < -0.3 is 0 Å². The molecule has 16 heavy (non-hydrogen) atoms. The third kappa shape index (κ3) is 2.63. The van der Waals surface area contributed by atoms with Crippen LogP contribution in [-0.2, 0) is 4.79 Å². The maximum atomic E-state index is 11.3. The van der Waals surface area contributed by atoms with E-state index >= 15 is 0 Å². The highest BCUT2D eigenvalue weighted by atomic mass is 16.1. The van der Waals surface area contributed by atoms with Gasteiger partial charge in [-0.25, -0.2) is 0 Å². The minimum absolute atomic E-state index is 0.127. The largest absolute Gasteiger partial charge is 0.295 e. The molecule has 0 aliphatic heterocycles. The van der Waals surface area contributed by atoms with Crippen molar-refractivity contribution in [3.8, 4) is 0 Å². The Morgan fingerprint density at radius 1 is 1.56 bits per heavy atom. The van der Waals surface area contributed by atoms with E-state index in [0.717, 1.165) is 6.42 Å². The van der Waals surface area contributed by atoms with Gasteiger partial charge in [-0.1, -0.05) is 45.9 Å². The van der Waals surface area contributed by atoms with Gasteiger partial charge in [0.2, 0.25) is 0 Å². The molecule has 90 valence electrons. The molecule has 0 amide bonds. The fourth-order valence-corrected chi connectivity index (χ4v) is 2.61. The number of carbonyl (C=O) groups is 1. The Kier molecular flexibility index (Phi) is 4.12. The van der Waals surface area contributed by atoms with E-state index in [1.54, 1.807) is 6.08 Å². The number of ketones is 1. The first-order valence-corrected chi connectivity index (χ1v) is 6.28. The van der Waals surface area contributed by atoms with Gasteiger partial charge in [0.25, 0.3) is 0 Å². The van der Waals surface area contributed by atoms with Crippen molar-refractivity contribution in [2.45, 2.75) is 47.0 Å². The quantitative estimate of drug-likeness (QED) is 0.516. The molecule has 1 rings (SSSR count). The number of allylic oxidation sites excluding steroid dienone is 3. The normalized spacial score (nSPS) is 29.6. The van der Waals surface area contributed by atoms with Crippen LogP contribution in [0.3, 0.4) is 0 Å². The lowest BCUT2D eigenvalue weighted by Crippen LogP contribution is -2.34. The molecular weight excluding hydrogens is 196 g/mol. The molecule has 1 aliphatic rings. The van der Waals surface area contributed by atoms with Gasteiger partial charge in [-0.2, -0.15) is 0 Å². The minimum atomic E-state index is 0.127. The van der Waals surface area contributed by atoms with Crippen LogP contribution in [0.25, 0.3) is 0 Å². The SMILES string of the molecule is C=C1CCC(C)C(C=CC(=O)CC)C1(C)C. The number of hydrogen-bond donors (Lipinski definition) is 0. The highest BCUT2D eigenvalue weighted by Gasteiger charge is 2.37. The molecule has 0 spiro atoms. The fourth-order valence-electron chi connectivity index (χ4n) is 2.61. The third-order valence-corrected chi connectivity index (χ3v) is 4.10. The highest BCUT2D eigenvalue weighted by molar-refractivity contribution is 5.89. The zero-order valence-electron chi connectivity index (χ0n) is 11.0. The number of rotatable bonds is 3. The van der Waals surface area contributed by atoms with E-state index in [4.69, 9.17) is 0 Å². The predicted molar refractivity (Wildman–Crippen MR) is 69.2 cm³/mol. The summed E-state index contributed by atoms with van der Waals surface area (Å²) in [5.74, 6) is 1.31. The molecule has 0 aromatic rings. The molecule has 2 atom stereocenters. The van der Waals surface area contributed by atoms with Crippen LogP contribution in [-0.4, -0.2) is 5.78 Å². The lowest BCUT2D eigenvalue weighted by atomic mass is 9.62. The Morgan fingerprint density at radius 3 is 2.75 bits per heavy atom. The molecule has 2 unspecified atom stereocenters. The Morgan fingerprint density at radius 2 is 2.19 bits per heavy atom. The van der Waals surface area contributed by atoms with E-state index in [0.29, 0.717) is 18.3 Å². The summed E-state index contributed by atoms with van der Waals surface area (Å²) in [6.45, 7) is 12.9. The molecule has 0 N–H and O–H groups in total. The van der Waals surface area contributed by atoms with E-state index in [1.165, 1.54) is 12.0 Å². The highest BCUT2D eigenvalue weighted by Crippen LogP contribution is 2.47. The van der Waals surface area contributed by atoms with Crippen LogP contribution in [0, 0.1) is 17.3 Å². The van der Waals surface area contributed by atoms with Crippen LogP contribution in [0.5, 0.6) is 0 Å². The van der Waals surface area contributed by atoms with E-state index in [-0.39, 0.29) is 11.2 Å². The van der Waals surface area contributed by atoms with E-state index in [9.17, 15) is 4.79 Å². The van der Waals surface area contributed by atoms with E-state index < -0.39 is 0 Å². The van der Waals surface area contributed by atoms with Crippen molar-refractivity contribution < 1.29 is 4.79 Å². The average molecular weight is 220 g/mol. The first-order valence-electron chi connectivity index (χ1n) is 6.28. The molecule has 0 bridgehead atoms. The van der Waals surface area contributed by atoms with Crippen LogP contribution in [0.15, 0.2) is 24.3 Å². The Hall–Kier alpha value is -0.850. The topological polar surface area (TPSA) is 17.1 Å². The van der Waals surface area contributed by atoms with Crippen molar-refractivity contribution >= 4 is 5.78 Å². The summed E-state index contributed by atoms with van der Waals surface area (Å²) in [5, 5.41) is 0. The maximum absolute atomic E-state index is 11.3. The van der Waals surface area contributed by atoms with Gasteiger partial charge >= 0.3 is 0 Å². The van der Waals surface area contributed by atoms with E-state index in [1.807, 2.05) is 6.92 Å². The third-order valence-electron chi connectivity index (χ3n) is 4.10. The molecule has 1 heteroatoms. The molecule has 1 saturated carbocycles. The second-order valence-corrected chi connectivity index (χ2v) is 5.55. The van der Waals surface area contributed by atoms with Gasteiger partial charge in [-0.15, -0.1) is 0 Å². The second kappa shape index (κ2) is 4.99. The molecule has 1 aliphatic carbocycles. The Bertz CT molecular complexity index is 309. The molecule has 0 saturated heterocycles. The fraction of sp³-hybridized carbons (Fsp3) is 0.667. The predicted octanol–water partition coefficient (Wildman–Crippen LogP) is 4.15. The molecule has 1 fully saturated rings. The monoisotopic (exact) mass is 220 g/mol. The van der Waals surface area contributed by atoms with Gasteiger partial charge in [-0.3, -0.25) is 4.79 Å². The minimum Gasteiger partial charge on any atom is -0.295 e. The number of carbonyl (C=O) groups excluding carboxylic acids is 1. The summed E-state index contributed by atoms with van der Waals surface area (Å²) in [7, 11) is 0. The van der Waals surface area contributed by atoms with Crippen LogP contribution < -0.4 is 0 Å². The first-order chi connectivity index (χ1) is 7.39. The van der Waals surface area contributed by atoms with Gasteiger partial charge in [0, 0.05) is 6.42 Å². The molecule has 1 nitrogen and oxygen atoms in total. The zero-order valence-corrected chi connectivity index (χ0v) is 11.0. The smallest absolute Gasteiger partial charge is 0.155 e. The summed E-state index contributed by atoms with van der Waals surface area (Å²) in [6, 6.07) is 0. The summed E-state index contributed by atoms with van der Waals surface area (Å²) in [6.07, 6.45) is 6.79. The van der Waals surface area contributed by atoms with Crippen LogP contribution in [0.4, 0.5) is 0 Å². The first kappa shape index (κ1) is 13.2. The van der Waals surface area contributed by atoms with Crippen LogP contribution in [0.1, 0.15) is 47.0 Å². The lowest BCUT2D eigenvalue weighted by molar-refractivity contribution is -0.114. The second-order valence-electron chi connectivity index (χ2n) is 5.55. The van der Waals surface area contributed by atoms with Crippen LogP contribution >= 0.6 is 0 Å². The zero-order chi connectivity index (χ0) is 12.3. The maximum Gasteiger partial charge on any atom is 0.155 e. The van der Waals surface area contributed by atoms with Crippen molar-refractivity contribution in [1.29, 1.82) is 0 Å². The van der Waals surface area contributed by atoms with E-state index in [2.05, 4.69) is 33.4 Å². The summed E-state index contributed by atoms with van der Waals surface area (Å²) in [4.78, 5) is 11.3. The Balaban J connectivity index is 2.86. The molecule has 0 radical (unpaired) electrons. The summed E-state index contributed by atoms with van der Waals surface area (Å²) >= 11 is 0. The average Bonchev–Trinajstić information content (AvgIpc) is 2.23. The van der Waals surface area contributed by atoms with Gasteiger partial charge in [0.05, 0.1) is 0 Å². The molecule has 0 aromatic carbocycles. The molecule has 0 heterocycles. The van der Waals surface area contributed by atoms with Crippen molar-refractivity contribution in [3.05, 3.63) is 24.3 Å². The van der Waals surface area contributed by atoms with Gasteiger partial charge in [0.15, 0.2) is 5.78 Å². The van der Waals surface area contributed by atoms with Crippen LogP contribution in [0.2, 0.25) is 0 Å². The van der Waals surface area contributed by atoms with Gasteiger partial charge in [0.1, 0.15) is 0 Å². The van der Waals surface area contributed by atoms with Crippen molar-refractivity contribution in [2.24, 2.45) is 17.3 Å². The Labute approximate surface area is 99.6 Å². The van der Waals surface area contributed by atoms with Crippen molar-refractivity contribution in [3.63, 3.8) is 0 Å².